The number of benzene rings is 2. The largest absolute Gasteiger partial charge is 0.309 e. The van der Waals surface area contributed by atoms with Crippen molar-refractivity contribution in [3.63, 3.8) is 0 Å². The van der Waals surface area contributed by atoms with E-state index in [1.165, 1.54) is 28.0 Å². The van der Waals surface area contributed by atoms with Crippen LogP contribution in [0.1, 0.15) is 29.2 Å². The molecule has 2 nitrogen and oxygen atoms in total. The van der Waals surface area contributed by atoms with Crippen molar-refractivity contribution in [3.8, 4) is 0 Å². The molecule has 1 heterocycles. The van der Waals surface area contributed by atoms with Crippen LogP contribution in [0, 0.1) is 0 Å². The Kier molecular flexibility index (Phi) is 3.51. The maximum atomic E-state index is 3.66. The molecule has 0 fully saturated rings. The van der Waals surface area contributed by atoms with Crippen molar-refractivity contribution in [1.82, 2.24) is 5.32 Å². The third kappa shape index (κ3) is 2.26. The van der Waals surface area contributed by atoms with Gasteiger partial charge in [-0.1, -0.05) is 54.6 Å². The van der Waals surface area contributed by atoms with Gasteiger partial charge in [0.2, 0.25) is 0 Å². The van der Waals surface area contributed by atoms with Crippen LogP contribution in [0.4, 0.5) is 0 Å². The quantitative estimate of drug-likeness (QED) is 0.846. The molecular formula is C19H19N2S+. The number of fused-ring (bicyclic) bond motifs is 2. The molecule has 1 unspecified atom stereocenters. The molecular weight excluding hydrogens is 288 g/mol. The van der Waals surface area contributed by atoms with Crippen molar-refractivity contribution in [2.75, 3.05) is 6.26 Å². The molecule has 110 valence electrons. The highest BCUT2D eigenvalue weighted by atomic mass is 32.2. The standard InChI is InChI=1S/C19H18N2S/c1-22-19-20-17(14-8-3-2-4-9-14)16-12-11-13-7-5-6-10-15(13)18(16)21-19/h2-10,17H,11-12H2,1H3,(H,20,21)/p+1. The Labute approximate surface area is 135 Å². The van der Waals surface area contributed by atoms with Crippen LogP contribution in [-0.2, 0) is 6.42 Å². The molecule has 1 aliphatic carbocycles. The van der Waals surface area contributed by atoms with Gasteiger partial charge in [0.25, 0.3) is 0 Å². The number of nitrogens with one attached hydrogen (secondary N) is 2. The first-order chi connectivity index (χ1) is 10.9. The van der Waals surface area contributed by atoms with Crippen LogP contribution in [0.15, 0.2) is 60.2 Å². The average molecular weight is 307 g/mol. The van der Waals surface area contributed by atoms with Crippen molar-refractivity contribution >= 4 is 22.6 Å². The second kappa shape index (κ2) is 5.65. The second-order valence-corrected chi connectivity index (χ2v) is 6.52. The first kappa shape index (κ1) is 13.6. The lowest BCUT2D eigenvalue weighted by Gasteiger charge is -2.28. The van der Waals surface area contributed by atoms with Gasteiger partial charge in [-0.05, 0) is 36.4 Å². The minimum Gasteiger partial charge on any atom is -0.258 e. The molecule has 3 heteroatoms. The normalized spacial score (nSPS) is 19.9. The average Bonchev–Trinajstić information content (AvgIpc) is 2.61. The molecule has 2 aromatic carbocycles. The van der Waals surface area contributed by atoms with Crippen molar-refractivity contribution in [2.45, 2.75) is 18.9 Å². The highest BCUT2D eigenvalue weighted by Crippen LogP contribution is 2.36. The molecule has 0 aromatic heterocycles. The van der Waals surface area contributed by atoms with E-state index in [1.807, 2.05) is 0 Å². The molecule has 2 aromatic rings. The van der Waals surface area contributed by atoms with Crippen LogP contribution < -0.4 is 10.3 Å². The fraction of sp³-hybridized carbons (Fsp3) is 0.211. The van der Waals surface area contributed by atoms with Gasteiger partial charge in [0.05, 0.1) is 0 Å². The molecule has 2 N–H and O–H groups in total. The fourth-order valence-electron chi connectivity index (χ4n) is 3.39. The summed E-state index contributed by atoms with van der Waals surface area (Å²) in [6.07, 6.45) is 4.33. The SMILES string of the molecule is CSC1=[NH+]C(c2ccccc2)C2=C(N1)c1ccccc1CC2. The number of thioether (sulfide) groups is 1. The van der Waals surface area contributed by atoms with Gasteiger partial charge >= 0.3 is 5.17 Å². The minimum absolute atomic E-state index is 0.272. The van der Waals surface area contributed by atoms with Crippen LogP contribution in [0.25, 0.3) is 5.70 Å². The third-order valence-electron chi connectivity index (χ3n) is 4.47. The van der Waals surface area contributed by atoms with E-state index in [4.69, 9.17) is 0 Å². The number of hydrogen-bond acceptors (Lipinski definition) is 2. The van der Waals surface area contributed by atoms with Gasteiger partial charge in [0, 0.05) is 16.7 Å². The third-order valence-corrected chi connectivity index (χ3v) is 5.10. The monoisotopic (exact) mass is 307 g/mol. The number of hydrogen-bond donors (Lipinski definition) is 2. The summed E-state index contributed by atoms with van der Waals surface area (Å²) in [5, 5.41) is 4.74. The molecule has 0 bridgehead atoms. The van der Waals surface area contributed by atoms with E-state index in [9.17, 15) is 0 Å². The zero-order valence-electron chi connectivity index (χ0n) is 12.6. The number of amidine groups is 1. The van der Waals surface area contributed by atoms with Gasteiger partial charge in [-0.3, -0.25) is 4.99 Å². The zero-order valence-corrected chi connectivity index (χ0v) is 13.4. The van der Waals surface area contributed by atoms with Crippen LogP contribution >= 0.6 is 11.8 Å². The van der Waals surface area contributed by atoms with E-state index in [0.717, 1.165) is 18.0 Å². The summed E-state index contributed by atoms with van der Waals surface area (Å²) in [4.78, 5) is 3.66. The predicted octanol–water partition coefficient (Wildman–Crippen LogP) is 2.49. The molecule has 0 radical (unpaired) electrons. The van der Waals surface area contributed by atoms with Crippen molar-refractivity contribution < 1.29 is 4.99 Å². The first-order valence-corrected chi connectivity index (χ1v) is 8.90. The topological polar surface area (TPSA) is 26.0 Å². The molecule has 0 spiro atoms. The van der Waals surface area contributed by atoms with E-state index in [1.54, 1.807) is 11.8 Å². The summed E-state index contributed by atoms with van der Waals surface area (Å²) < 4.78 is 0. The molecule has 0 amide bonds. The van der Waals surface area contributed by atoms with E-state index in [-0.39, 0.29) is 6.04 Å². The minimum atomic E-state index is 0.272. The van der Waals surface area contributed by atoms with E-state index >= 15 is 0 Å². The summed E-state index contributed by atoms with van der Waals surface area (Å²) in [6.45, 7) is 0. The Morgan fingerprint density at radius 2 is 1.77 bits per heavy atom. The summed E-state index contributed by atoms with van der Waals surface area (Å²) >= 11 is 1.73. The Hall–Kier alpha value is -2.00. The van der Waals surface area contributed by atoms with Gasteiger partial charge in [-0.25, -0.2) is 5.32 Å². The van der Waals surface area contributed by atoms with Gasteiger partial charge in [0.15, 0.2) is 0 Å². The van der Waals surface area contributed by atoms with Crippen LogP contribution in [0.5, 0.6) is 0 Å². The molecule has 0 saturated carbocycles. The van der Waals surface area contributed by atoms with Crippen LogP contribution in [-0.4, -0.2) is 11.4 Å². The van der Waals surface area contributed by atoms with Gasteiger partial charge in [-0.15, -0.1) is 0 Å². The summed E-state index contributed by atoms with van der Waals surface area (Å²) in [5.74, 6) is 0. The molecule has 4 rings (SSSR count). The van der Waals surface area contributed by atoms with Gasteiger partial charge in [-0.2, -0.15) is 0 Å². The van der Waals surface area contributed by atoms with Crippen LogP contribution in [0.2, 0.25) is 0 Å². The molecule has 1 aliphatic heterocycles. The molecule has 0 saturated heterocycles. The second-order valence-electron chi connectivity index (χ2n) is 5.70. The lowest BCUT2D eigenvalue weighted by atomic mass is 9.83. The Balaban J connectivity index is 1.86. The Morgan fingerprint density at radius 3 is 2.59 bits per heavy atom. The highest BCUT2D eigenvalue weighted by Gasteiger charge is 2.34. The van der Waals surface area contributed by atoms with E-state index in [0.29, 0.717) is 0 Å². The number of aryl methyl sites for hydroxylation is 1. The summed E-state index contributed by atoms with van der Waals surface area (Å²) in [6, 6.07) is 19.8. The van der Waals surface area contributed by atoms with Gasteiger partial charge < -0.3 is 0 Å². The number of rotatable bonds is 1. The first-order valence-electron chi connectivity index (χ1n) is 7.67. The fourth-order valence-corrected chi connectivity index (χ4v) is 3.83. The van der Waals surface area contributed by atoms with Crippen molar-refractivity contribution in [2.24, 2.45) is 0 Å². The lowest BCUT2D eigenvalue weighted by molar-refractivity contribution is -0.499. The Bertz CT molecular complexity index is 762. The maximum absolute atomic E-state index is 3.66. The summed E-state index contributed by atoms with van der Waals surface area (Å²) in [5.41, 5.74) is 6.92. The van der Waals surface area contributed by atoms with Crippen molar-refractivity contribution in [1.29, 1.82) is 0 Å². The lowest BCUT2D eigenvalue weighted by Crippen LogP contribution is -2.78. The van der Waals surface area contributed by atoms with Crippen LogP contribution in [0.3, 0.4) is 0 Å². The van der Waals surface area contributed by atoms with Gasteiger partial charge in [0.1, 0.15) is 11.7 Å². The highest BCUT2D eigenvalue weighted by molar-refractivity contribution is 8.13. The zero-order chi connectivity index (χ0) is 14.9. The molecule has 1 atom stereocenters. The summed E-state index contributed by atoms with van der Waals surface area (Å²) in [7, 11) is 0. The molecule has 2 aliphatic rings. The molecule has 22 heavy (non-hydrogen) atoms. The Morgan fingerprint density at radius 1 is 1.00 bits per heavy atom. The van der Waals surface area contributed by atoms with Crippen molar-refractivity contribution in [3.05, 3.63) is 76.9 Å². The van der Waals surface area contributed by atoms with E-state index < -0.39 is 0 Å². The maximum Gasteiger partial charge on any atom is 0.309 e. The smallest absolute Gasteiger partial charge is 0.258 e. The van der Waals surface area contributed by atoms with E-state index in [2.05, 4.69) is 71.2 Å². The predicted molar refractivity (Wildman–Crippen MR) is 93.5 cm³/mol.